The van der Waals surface area contributed by atoms with Gasteiger partial charge in [0.25, 0.3) is 5.91 Å². The van der Waals surface area contributed by atoms with Crippen LogP contribution in [0.15, 0.2) is 64.6 Å². The number of hydrogen-bond acceptors (Lipinski definition) is 6. The van der Waals surface area contributed by atoms with Crippen molar-refractivity contribution < 1.29 is 9.32 Å². The van der Waals surface area contributed by atoms with Gasteiger partial charge in [-0.05, 0) is 48.7 Å². The Kier molecular flexibility index (Phi) is 4.40. The molecule has 0 saturated heterocycles. The number of fused-ring (bicyclic) bond motifs is 1. The summed E-state index contributed by atoms with van der Waals surface area (Å²) in [6.07, 6.45) is 1.60. The van der Waals surface area contributed by atoms with Crippen LogP contribution in [0.5, 0.6) is 0 Å². The molecule has 4 aromatic heterocycles. The molecule has 0 fully saturated rings. The Labute approximate surface area is 176 Å². The minimum absolute atomic E-state index is 0.205. The molecule has 0 bridgehead atoms. The second-order valence-corrected chi connectivity index (χ2v) is 7.80. The van der Waals surface area contributed by atoms with Gasteiger partial charge in [-0.3, -0.25) is 9.48 Å². The van der Waals surface area contributed by atoms with Crippen molar-refractivity contribution in [1.82, 2.24) is 19.9 Å². The van der Waals surface area contributed by atoms with Crippen molar-refractivity contribution in [2.24, 2.45) is 7.05 Å². The fourth-order valence-corrected chi connectivity index (χ4v) is 4.14. The average molecular weight is 415 g/mol. The number of aryl methyl sites for hydroxylation is 2. The SMILES string of the molecule is Cc1nn(C)c2nc(-c3cccs3)cc(C(=O)Nc3ccc(-c4ccno4)cc3)c12. The van der Waals surface area contributed by atoms with Crippen LogP contribution >= 0.6 is 11.3 Å². The first-order valence-corrected chi connectivity index (χ1v) is 10.2. The average Bonchev–Trinajstić information content (AvgIpc) is 3.51. The Hall–Kier alpha value is -3.78. The van der Waals surface area contributed by atoms with Gasteiger partial charge in [-0.25, -0.2) is 4.98 Å². The molecule has 5 aromatic rings. The number of nitrogens with one attached hydrogen (secondary N) is 1. The molecule has 0 aliphatic carbocycles. The van der Waals surface area contributed by atoms with Gasteiger partial charge >= 0.3 is 0 Å². The number of benzene rings is 1. The van der Waals surface area contributed by atoms with E-state index in [1.165, 1.54) is 0 Å². The summed E-state index contributed by atoms with van der Waals surface area (Å²) in [5.41, 5.74) is 4.33. The van der Waals surface area contributed by atoms with Gasteiger partial charge in [0.15, 0.2) is 11.4 Å². The third-order valence-electron chi connectivity index (χ3n) is 4.85. The topological polar surface area (TPSA) is 85.8 Å². The Morgan fingerprint density at radius 3 is 2.70 bits per heavy atom. The second-order valence-electron chi connectivity index (χ2n) is 6.85. The summed E-state index contributed by atoms with van der Waals surface area (Å²) in [5, 5.41) is 13.9. The molecule has 0 spiro atoms. The standard InChI is InChI=1S/C22H17N5O2S/c1-13-20-16(12-17(19-4-3-11-30-19)25-21(20)27(2)26-13)22(28)24-15-7-5-14(6-8-15)18-9-10-23-29-18/h3-12H,1-2H3,(H,24,28). The number of carbonyl (C=O) groups excluding carboxylic acids is 1. The molecule has 0 atom stereocenters. The van der Waals surface area contributed by atoms with Crippen molar-refractivity contribution in [3.8, 4) is 21.9 Å². The van der Waals surface area contributed by atoms with E-state index in [0.29, 0.717) is 22.7 Å². The largest absolute Gasteiger partial charge is 0.356 e. The molecule has 0 unspecified atom stereocenters. The van der Waals surface area contributed by atoms with Crippen LogP contribution in [0, 0.1) is 6.92 Å². The lowest BCUT2D eigenvalue weighted by Gasteiger charge is -2.09. The lowest BCUT2D eigenvalue weighted by molar-refractivity contribution is 0.102. The van der Waals surface area contributed by atoms with Crippen LogP contribution in [0.1, 0.15) is 16.1 Å². The van der Waals surface area contributed by atoms with Crippen molar-refractivity contribution in [1.29, 1.82) is 0 Å². The van der Waals surface area contributed by atoms with E-state index in [1.54, 1.807) is 28.3 Å². The zero-order valence-electron chi connectivity index (χ0n) is 16.3. The van der Waals surface area contributed by atoms with E-state index in [-0.39, 0.29) is 5.91 Å². The maximum atomic E-state index is 13.2. The molecule has 4 heterocycles. The summed E-state index contributed by atoms with van der Waals surface area (Å²) in [5.74, 6) is 0.471. The minimum atomic E-state index is -0.205. The van der Waals surface area contributed by atoms with E-state index in [1.807, 2.05) is 61.8 Å². The Balaban J connectivity index is 1.52. The van der Waals surface area contributed by atoms with Crippen molar-refractivity contribution >= 4 is 34.0 Å². The van der Waals surface area contributed by atoms with Gasteiger partial charge in [0.05, 0.1) is 33.4 Å². The molecule has 8 heteroatoms. The molecular weight excluding hydrogens is 398 g/mol. The molecule has 7 nitrogen and oxygen atoms in total. The second kappa shape index (κ2) is 7.23. The first-order valence-electron chi connectivity index (χ1n) is 9.31. The molecule has 0 aliphatic rings. The number of nitrogens with zero attached hydrogens (tertiary/aromatic N) is 4. The molecule has 0 aliphatic heterocycles. The van der Waals surface area contributed by atoms with Crippen molar-refractivity contribution in [2.45, 2.75) is 6.92 Å². The predicted octanol–water partition coefficient (Wildman–Crippen LogP) is 4.91. The van der Waals surface area contributed by atoms with Crippen molar-refractivity contribution in [2.75, 3.05) is 5.32 Å². The predicted molar refractivity (Wildman–Crippen MR) is 116 cm³/mol. The van der Waals surface area contributed by atoms with E-state index in [4.69, 9.17) is 9.51 Å². The summed E-state index contributed by atoms with van der Waals surface area (Å²) < 4.78 is 6.88. The summed E-state index contributed by atoms with van der Waals surface area (Å²) in [7, 11) is 1.84. The maximum absolute atomic E-state index is 13.2. The number of pyridine rings is 1. The molecule has 1 aromatic carbocycles. The molecule has 30 heavy (non-hydrogen) atoms. The van der Waals surface area contributed by atoms with Crippen LogP contribution in [0.3, 0.4) is 0 Å². The highest BCUT2D eigenvalue weighted by Gasteiger charge is 2.20. The van der Waals surface area contributed by atoms with Crippen LogP contribution in [-0.2, 0) is 7.05 Å². The summed E-state index contributed by atoms with van der Waals surface area (Å²) >= 11 is 1.58. The monoisotopic (exact) mass is 415 g/mol. The highest BCUT2D eigenvalue weighted by atomic mass is 32.1. The summed E-state index contributed by atoms with van der Waals surface area (Å²) in [6.45, 7) is 1.89. The van der Waals surface area contributed by atoms with Crippen LogP contribution < -0.4 is 5.32 Å². The lowest BCUT2D eigenvalue weighted by atomic mass is 10.1. The number of amides is 1. The van der Waals surface area contributed by atoms with Crippen LogP contribution in [0.4, 0.5) is 5.69 Å². The van der Waals surface area contributed by atoms with E-state index in [9.17, 15) is 4.79 Å². The fourth-order valence-electron chi connectivity index (χ4n) is 3.46. The minimum Gasteiger partial charge on any atom is -0.356 e. The lowest BCUT2D eigenvalue weighted by Crippen LogP contribution is -2.13. The van der Waals surface area contributed by atoms with E-state index in [2.05, 4.69) is 15.6 Å². The Morgan fingerprint density at radius 2 is 2.00 bits per heavy atom. The third kappa shape index (κ3) is 3.17. The van der Waals surface area contributed by atoms with E-state index < -0.39 is 0 Å². The maximum Gasteiger partial charge on any atom is 0.256 e. The highest BCUT2D eigenvalue weighted by Crippen LogP contribution is 2.30. The summed E-state index contributed by atoms with van der Waals surface area (Å²) in [4.78, 5) is 19.0. The van der Waals surface area contributed by atoms with Gasteiger partial charge in [0.1, 0.15) is 0 Å². The first-order chi connectivity index (χ1) is 14.6. The number of thiophene rings is 1. The molecule has 1 amide bonds. The Bertz CT molecular complexity index is 1340. The van der Waals surface area contributed by atoms with Crippen LogP contribution in [0.2, 0.25) is 0 Å². The number of carbonyl (C=O) groups is 1. The molecule has 0 radical (unpaired) electrons. The number of hydrogen-bond donors (Lipinski definition) is 1. The zero-order chi connectivity index (χ0) is 20.7. The highest BCUT2D eigenvalue weighted by molar-refractivity contribution is 7.13. The molecule has 0 saturated carbocycles. The number of rotatable bonds is 4. The van der Waals surface area contributed by atoms with Gasteiger partial charge in [-0.1, -0.05) is 11.2 Å². The van der Waals surface area contributed by atoms with Gasteiger partial charge < -0.3 is 9.84 Å². The summed E-state index contributed by atoms with van der Waals surface area (Å²) in [6, 6.07) is 15.0. The van der Waals surface area contributed by atoms with Crippen LogP contribution in [-0.4, -0.2) is 25.8 Å². The van der Waals surface area contributed by atoms with Crippen molar-refractivity contribution in [3.63, 3.8) is 0 Å². The third-order valence-corrected chi connectivity index (χ3v) is 5.74. The smallest absolute Gasteiger partial charge is 0.256 e. The zero-order valence-corrected chi connectivity index (χ0v) is 17.1. The molecule has 148 valence electrons. The van der Waals surface area contributed by atoms with E-state index >= 15 is 0 Å². The van der Waals surface area contributed by atoms with Crippen molar-refractivity contribution in [3.05, 3.63) is 71.4 Å². The quantitative estimate of drug-likeness (QED) is 0.451. The molecular formula is C22H17N5O2S. The van der Waals surface area contributed by atoms with Crippen LogP contribution in [0.25, 0.3) is 32.9 Å². The van der Waals surface area contributed by atoms with Gasteiger partial charge in [0.2, 0.25) is 0 Å². The number of anilines is 1. The van der Waals surface area contributed by atoms with Gasteiger partial charge in [-0.15, -0.1) is 11.3 Å². The fraction of sp³-hybridized carbons (Fsp3) is 0.0909. The number of aromatic nitrogens is 4. The molecule has 1 N–H and O–H groups in total. The first kappa shape index (κ1) is 18.3. The normalized spacial score (nSPS) is 11.1. The van der Waals surface area contributed by atoms with Gasteiger partial charge in [0, 0.05) is 24.4 Å². The van der Waals surface area contributed by atoms with Gasteiger partial charge in [-0.2, -0.15) is 5.10 Å². The van der Waals surface area contributed by atoms with E-state index in [0.717, 1.165) is 27.2 Å². The Morgan fingerprint density at radius 1 is 1.17 bits per heavy atom. The molecule has 5 rings (SSSR count).